The summed E-state index contributed by atoms with van der Waals surface area (Å²) in [6, 6.07) is 8.44. The highest BCUT2D eigenvalue weighted by Crippen LogP contribution is 2.31. The molecule has 1 aromatic carbocycles. The zero-order valence-corrected chi connectivity index (χ0v) is 20.0. The van der Waals surface area contributed by atoms with E-state index in [-0.39, 0.29) is 17.7 Å². The van der Waals surface area contributed by atoms with Crippen molar-refractivity contribution in [2.75, 3.05) is 19.3 Å². The Labute approximate surface area is 199 Å². The second-order valence-corrected chi connectivity index (χ2v) is 9.03. The number of likely N-dealkylation sites (N-methyl/N-ethyl adjacent to an activating group) is 1. The minimum atomic E-state index is 0.0109. The molecule has 4 heterocycles. The fraction of sp³-hybridized carbons (Fsp3) is 0.308. The molecule has 0 saturated carbocycles. The Morgan fingerprint density at radius 3 is 2.74 bits per heavy atom. The molecule has 0 aliphatic carbocycles. The first kappa shape index (κ1) is 22.0. The quantitative estimate of drug-likeness (QED) is 0.479. The normalized spacial score (nSPS) is 14.6. The number of benzene rings is 1. The van der Waals surface area contributed by atoms with Crippen molar-refractivity contribution in [3.05, 3.63) is 77.0 Å². The molecule has 0 amide bonds. The molecule has 2 N–H and O–H groups in total. The number of rotatable bonds is 5. The number of hydrogen-bond acceptors (Lipinski definition) is 7. The third-order valence-corrected chi connectivity index (χ3v) is 6.42. The summed E-state index contributed by atoms with van der Waals surface area (Å²) >= 11 is 0. The number of nitrogen functional groups attached to an aromatic ring is 1. The lowest BCUT2D eigenvalue weighted by Crippen LogP contribution is -2.27. The Balaban J connectivity index is 1.40. The Morgan fingerprint density at radius 1 is 1.09 bits per heavy atom. The van der Waals surface area contributed by atoms with Crippen LogP contribution in [0, 0.1) is 13.8 Å². The number of fused-ring (bicyclic) bond motifs is 1. The van der Waals surface area contributed by atoms with Crippen LogP contribution in [0.15, 0.2) is 49.1 Å². The zero-order chi connectivity index (χ0) is 23.8. The third kappa shape index (κ3) is 4.36. The van der Waals surface area contributed by atoms with E-state index >= 15 is 0 Å². The van der Waals surface area contributed by atoms with Gasteiger partial charge in [-0.05, 0) is 74.7 Å². The number of anilines is 1. The predicted molar refractivity (Wildman–Crippen MR) is 132 cm³/mol. The van der Waals surface area contributed by atoms with Gasteiger partial charge in [0.1, 0.15) is 0 Å². The van der Waals surface area contributed by atoms with E-state index in [9.17, 15) is 0 Å². The van der Waals surface area contributed by atoms with Crippen LogP contribution in [0.2, 0.25) is 0 Å². The third-order valence-electron chi connectivity index (χ3n) is 6.42. The standard InChI is InChI=1S/C26H29N7O/c1-16-9-20(10-21-14-32(4)8-7-23(16)21)24-13-29-25(27)26(31-24)34-22-12-30-33(15-22)18(3)19-6-5-17(2)28-11-19/h5-6,9-13,15,18H,7-8,14H2,1-4H3,(H2,27,29). The summed E-state index contributed by atoms with van der Waals surface area (Å²) in [5.74, 6) is 1.06. The van der Waals surface area contributed by atoms with E-state index in [0.29, 0.717) is 5.75 Å². The molecule has 0 fully saturated rings. The average molecular weight is 456 g/mol. The molecule has 0 spiro atoms. The van der Waals surface area contributed by atoms with Crippen LogP contribution in [0.3, 0.4) is 0 Å². The summed E-state index contributed by atoms with van der Waals surface area (Å²) in [7, 11) is 2.15. The Kier molecular flexibility index (Phi) is 5.75. The van der Waals surface area contributed by atoms with Crippen LogP contribution in [-0.4, -0.2) is 43.2 Å². The molecule has 0 bridgehead atoms. The van der Waals surface area contributed by atoms with Gasteiger partial charge in [-0.1, -0.05) is 6.07 Å². The Bertz CT molecular complexity index is 1330. The molecule has 0 saturated heterocycles. The van der Waals surface area contributed by atoms with Gasteiger partial charge in [0.25, 0.3) is 5.88 Å². The first-order chi connectivity index (χ1) is 16.4. The van der Waals surface area contributed by atoms with Gasteiger partial charge in [0.2, 0.25) is 0 Å². The van der Waals surface area contributed by atoms with Crippen LogP contribution in [0.1, 0.15) is 40.9 Å². The van der Waals surface area contributed by atoms with E-state index in [1.54, 1.807) is 12.4 Å². The van der Waals surface area contributed by atoms with Crippen molar-refractivity contribution in [2.24, 2.45) is 0 Å². The Morgan fingerprint density at radius 2 is 1.94 bits per heavy atom. The first-order valence-electron chi connectivity index (χ1n) is 11.5. The average Bonchev–Trinajstić information content (AvgIpc) is 3.28. The summed E-state index contributed by atoms with van der Waals surface area (Å²) in [5, 5.41) is 4.46. The largest absolute Gasteiger partial charge is 0.433 e. The van der Waals surface area contributed by atoms with Gasteiger partial charge in [-0.2, -0.15) is 5.10 Å². The Hall–Kier alpha value is -3.78. The van der Waals surface area contributed by atoms with E-state index in [4.69, 9.17) is 15.5 Å². The smallest absolute Gasteiger partial charge is 0.263 e. The molecule has 1 aliphatic rings. The summed E-state index contributed by atoms with van der Waals surface area (Å²) < 4.78 is 7.84. The summed E-state index contributed by atoms with van der Waals surface area (Å²) in [4.78, 5) is 15.8. The number of aromatic nitrogens is 5. The van der Waals surface area contributed by atoms with Gasteiger partial charge < -0.3 is 15.4 Å². The van der Waals surface area contributed by atoms with E-state index in [1.807, 2.05) is 30.1 Å². The minimum Gasteiger partial charge on any atom is -0.433 e. The molecule has 5 rings (SSSR count). The SMILES string of the molecule is Cc1ccc(C(C)n2cc(Oc3nc(-c4cc(C)c5c(c4)CN(C)CC5)cnc3N)cn2)cn1. The van der Waals surface area contributed by atoms with E-state index in [0.717, 1.165) is 42.0 Å². The molecular formula is C26H29N7O. The molecule has 1 unspecified atom stereocenters. The summed E-state index contributed by atoms with van der Waals surface area (Å²) in [6.45, 7) is 8.21. The van der Waals surface area contributed by atoms with Gasteiger partial charge in [-0.15, -0.1) is 0 Å². The fourth-order valence-corrected chi connectivity index (χ4v) is 4.38. The molecule has 34 heavy (non-hydrogen) atoms. The van der Waals surface area contributed by atoms with Crippen molar-refractivity contribution < 1.29 is 4.74 Å². The van der Waals surface area contributed by atoms with Crippen molar-refractivity contribution >= 4 is 5.82 Å². The molecule has 8 nitrogen and oxygen atoms in total. The maximum absolute atomic E-state index is 6.11. The highest BCUT2D eigenvalue weighted by molar-refractivity contribution is 5.64. The lowest BCUT2D eigenvalue weighted by molar-refractivity contribution is 0.312. The van der Waals surface area contributed by atoms with Crippen LogP contribution < -0.4 is 10.5 Å². The van der Waals surface area contributed by atoms with Gasteiger partial charge >= 0.3 is 0 Å². The van der Waals surface area contributed by atoms with Crippen LogP contribution in [0.5, 0.6) is 11.6 Å². The predicted octanol–water partition coefficient (Wildman–Crippen LogP) is 4.32. The van der Waals surface area contributed by atoms with Gasteiger partial charge in [-0.3, -0.25) is 9.67 Å². The molecule has 4 aromatic rings. The van der Waals surface area contributed by atoms with Crippen molar-refractivity contribution in [2.45, 2.75) is 39.8 Å². The fourth-order valence-electron chi connectivity index (χ4n) is 4.38. The van der Waals surface area contributed by atoms with Gasteiger partial charge in [0.15, 0.2) is 11.6 Å². The van der Waals surface area contributed by atoms with Crippen molar-refractivity contribution in [1.82, 2.24) is 29.6 Å². The van der Waals surface area contributed by atoms with Crippen LogP contribution in [0.25, 0.3) is 11.3 Å². The van der Waals surface area contributed by atoms with Gasteiger partial charge in [0.05, 0.1) is 30.3 Å². The number of nitrogens with two attached hydrogens (primary N) is 1. The lowest BCUT2D eigenvalue weighted by Gasteiger charge is -2.27. The van der Waals surface area contributed by atoms with E-state index in [1.165, 1.54) is 16.7 Å². The van der Waals surface area contributed by atoms with E-state index in [2.05, 4.69) is 59.1 Å². The monoisotopic (exact) mass is 455 g/mol. The van der Waals surface area contributed by atoms with Gasteiger partial charge in [-0.25, -0.2) is 9.97 Å². The van der Waals surface area contributed by atoms with Crippen LogP contribution in [-0.2, 0) is 13.0 Å². The molecule has 8 heteroatoms. The zero-order valence-electron chi connectivity index (χ0n) is 20.0. The van der Waals surface area contributed by atoms with Crippen LogP contribution in [0.4, 0.5) is 5.82 Å². The number of aryl methyl sites for hydroxylation is 2. The number of ether oxygens (including phenoxy) is 1. The topological polar surface area (TPSA) is 95.0 Å². The number of hydrogen-bond donors (Lipinski definition) is 1. The molecule has 0 radical (unpaired) electrons. The van der Waals surface area contributed by atoms with Crippen LogP contribution >= 0.6 is 0 Å². The lowest BCUT2D eigenvalue weighted by atomic mass is 9.92. The first-order valence-corrected chi connectivity index (χ1v) is 11.5. The maximum atomic E-state index is 6.11. The highest BCUT2D eigenvalue weighted by atomic mass is 16.5. The summed E-state index contributed by atoms with van der Waals surface area (Å²) in [5.41, 5.74) is 14.0. The van der Waals surface area contributed by atoms with Crippen molar-refractivity contribution in [3.63, 3.8) is 0 Å². The molecule has 174 valence electrons. The number of nitrogens with zero attached hydrogens (tertiary/aromatic N) is 6. The second kappa shape index (κ2) is 8.87. The second-order valence-electron chi connectivity index (χ2n) is 9.03. The molecular weight excluding hydrogens is 426 g/mol. The highest BCUT2D eigenvalue weighted by Gasteiger charge is 2.18. The molecule has 1 atom stereocenters. The van der Waals surface area contributed by atoms with Crippen molar-refractivity contribution in [1.29, 1.82) is 0 Å². The maximum Gasteiger partial charge on any atom is 0.263 e. The van der Waals surface area contributed by atoms with Gasteiger partial charge in [0, 0.05) is 30.5 Å². The molecule has 1 aliphatic heterocycles. The number of pyridine rings is 1. The molecule has 3 aromatic heterocycles. The van der Waals surface area contributed by atoms with Crippen molar-refractivity contribution in [3.8, 4) is 22.9 Å². The van der Waals surface area contributed by atoms with E-state index < -0.39 is 0 Å². The summed E-state index contributed by atoms with van der Waals surface area (Å²) in [6.07, 6.45) is 8.13. The minimum absolute atomic E-state index is 0.0109.